The van der Waals surface area contributed by atoms with Crippen LogP contribution in [0.5, 0.6) is 0 Å². The third kappa shape index (κ3) is 3.72. The van der Waals surface area contributed by atoms with E-state index in [4.69, 9.17) is 34.0 Å². The average Bonchev–Trinajstić information content (AvgIpc) is 2.92. The quantitative estimate of drug-likeness (QED) is 0.550. The lowest BCUT2D eigenvalue weighted by atomic mass is 10.1. The van der Waals surface area contributed by atoms with Crippen LogP contribution in [-0.2, 0) is 0 Å². The van der Waals surface area contributed by atoms with Crippen LogP contribution in [0.1, 0.15) is 10.4 Å². The molecule has 23 heavy (non-hydrogen) atoms. The van der Waals surface area contributed by atoms with Gasteiger partial charge in [-0.05, 0) is 30.3 Å². The number of anilines is 1. The number of nitrogens with one attached hydrogen (secondary N) is 1. The van der Waals surface area contributed by atoms with Gasteiger partial charge in [0.1, 0.15) is 11.4 Å². The highest BCUT2D eigenvalue weighted by Crippen LogP contribution is 2.27. The van der Waals surface area contributed by atoms with Gasteiger partial charge in [0.15, 0.2) is 5.82 Å². The standard InChI is InChI=1S/C9H5ClFNO2.C6H5ClFN/c10-5-3-4-1-2-12-8(4)6(7(5)11)9(13)14;7-5-2-1-4(9)3-6(5)8/h1-3,12H,(H,13,14);1-3H,9H2. The number of aromatic carboxylic acids is 1. The third-order valence-electron chi connectivity index (χ3n) is 2.90. The van der Waals surface area contributed by atoms with E-state index in [0.29, 0.717) is 11.1 Å². The molecule has 0 aliphatic carbocycles. The normalized spacial score (nSPS) is 10.3. The van der Waals surface area contributed by atoms with Crippen molar-refractivity contribution in [3.8, 4) is 0 Å². The number of carboxylic acids is 1. The second kappa shape index (κ2) is 6.85. The Kier molecular flexibility index (Phi) is 5.08. The van der Waals surface area contributed by atoms with Crippen LogP contribution in [0, 0.1) is 11.6 Å². The van der Waals surface area contributed by atoms with E-state index in [1.165, 1.54) is 24.4 Å². The molecule has 3 rings (SSSR count). The minimum absolute atomic E-state index is 0.101. The summed E-state index contributed by atoms with van der Waals surface area (Å²) >= 11 is 10.9. The van der Waals surface area contributed by atoms with Crippen LogP contribution in [-0.4, -0.2) is 16.1 Å². The van der Waals surface area contributed by atoms with Gasteiger partial charge in [-0.2, -0.15) is 0 Å². The number of aromatic amines is 1. The fraction of sp³-hybridized carbons (Fsp3) is 0. The Bertz CT molecular complexity index is 881. The molecule has 1 heterocycles. The van der Waals surface area contributed by atoms with Gasteiger partial charge in [0.05, 0.1) is 15.6 Å². The Balaban J connectivity index is 0.000000185. The summed E-state index contributed by atoms with van der Waals surface area (Å²) in [5, 5.41) is 9.28. The summed E-state index contributed by atoms with van der Waals surface area (Å²) in [5.41, 5.74) is 5.45. The zero-order chi connectivity index (χ0) is 17.1. The summed E-state index contributed by atoms with van der Waals surface area (Å²) in [6.45, 7) is 0. The van der Waals surface area contributed by atoms with Gasteiger partial charge >= 0.3 is 5.97 Å². The summed E-state index contributed by atoms with van der Waals surface area (Å²) in [4.78, 5) is 13.4. The maximum Gasteiger partial charge on any atom is 0.340 e. The molecule has 4 nitrogen and oxygen atoms in total. The first-order valence-corrected chi connectivity index (χ1v) is 6.95. The highest BCUT2D eigenvalue weighted by molar-refractivity contribution is 6.32. The van der Waals surface area contributed by atoms with Crippen molar-refractivity contribution in [3.05, 3.63) is 63.8 Å². The first-order chi connectivity index (χ1) is 10.8. The number of nitrogen functional groups attached to an aromatic ring is 1. The smallest absolute Gasteiger partial charge is 0.340 e. The number of rotatable bonds is 1. The van der Waals surface area contributed by atoms with Crippen molar-refractivity contribution in [1.82, 2.24) is 4.98 Å². The van der Waals surface area contributed by atoms with E-state index in [1.54, 1.807) is 12.1 Å². The number of hydrogen-bond donors (Lipinski definition) is 3. The molecule has 0 atom stereocenters. The molecule has 0 bridgehead atoms. The van der Waals surface area contributed by atoms with Crippen LogP contribution >= 0.6 is 23.2 Å². The molecule has 0 fully saturated rings. The first-order valence-electron chi connectivity index (χ1n) is 6.20. The number of fused-ring (bicyclic) bond motifs is 1. The van der Waals surface area contributed by atoms with Crippen molar-refractivity contribution < 1.29 is 18.7 Å². The number of aromatic nitrogens is 1. The minimum Gasteiger partial charge on any atom is -0.478 e. The molecule has 2 aromatic carbocycles. The van der Waals surface area contributed by atoms with E-state index in [2.05, 4.69) is 4.98 Å². The van der Waals surface area contributed by atoms with Crippen LogP contribution < -0.4 is 5.73 Å². The maximum absolute atomic E-state index is 13.3. The molecule has 8 heteroatoms. The second-order valence-electron chi connectivity index (χ2n) is 4.47. The second-order valence-corrected chi connectivity index (χ2v) is 5.28. The summed E-state index contributed by atoms with van der Waals surface area (Å²) in [5.74, 6) is -2.72. The predicted molar refractivity (Wildman–Crippen MR) is 86.0 cm³/mol. The SMILES string of the molecule is Nc1ccc(Cl)c(F)c1.O=C(O)c1c(F)c(Cl)cc2cc[nH]c12. The van der Waals surface area contributed by atoms with Crippen molar-refractivity contribution in [3.63, 3.8) is 0 Å². The van der Waals surface area contributed by atoms with Crippen LogP contribution in [0.4, 0.5) is 14.5 Å². The van der Waals surface area contributed by atoms with E-state index in [1.807, 2.05) is 0 Å². The fourth-order valence-corrected chi connectivity index (χ4v) is 2.19. The van der Waals surface area contributed by atoms with Gasteiger partial charge in [-0.3, -0.25) is 0 Å². The maximum atomic E-state index is 13.3. The number of H-pyrrole nitrogens is 1. The van der Waals surface area contributed by atoms with Crippen LogP contribution in [0.2, 0.25) is 10.0 Å². The van der Waals surface area contributed by atoms with Gasteiger partial charge in [-0.15, -0.1) is 0 Å². The van der Waals surface area contributed by atoms with Gasteiger partial charge < -0.3 is 15.8 Å². The Morgan fingerprint density at radius 1 is 1.13 bits per heavy atom. The minimum atomic E-state index is -1.34. The molecule has 0 radical (unpaired) electrons. The molecule has 0 amide bonds. The van der Waals surface area contributed by atoms with E-state index < -0.39 is 23.2 Å². The Hall–Kier alpha value is -2.31. The zero-order valence-corrected chi connectivity index (χ0v) is 12.9. The van der Waals surface area contributed by atoms with Crippen molar-refractivity contribution >= 4 is 45.8 Å². The number of hydrogen-bond acceptors (Lipinski definition) is 2. The molecule has 1 aromatic heterocycles. The number of carboxylic acid groups (broad SMARTS) is 1. The molecule has 0 aliphatic heterocycles. The monoisotopic (exact) mass is 358 g/mol. The van der Waals surface area contributed by atoms with Crippen molar-refractivity contribution in [2.45, 2.75) is 0 Å². The lowest BCUT2D eigenvalue weighted by Gasteiger charge is -2.01. The number of nitrogens with two attached hydrogens (primary N) is 1. The number of carbonyl (C=O) groups is 1. The average molecular weight is 359 g/mol. The molecular weight excluding hydrogens is 349 g/mol. The lowest BCUT2D eigenvalue weighted by Crippen LogP contribution is -2.02. The molecule has 120 valence electrons. The van der Waals surface area contributed by atoms with Crippen molar-refractivity contribution in [2.24, 2.45) is 0 Å². The number of halogens is 4. The molecule has 0 unspecified atom stereocenters. The molecule has 0 saturated carbocycles. The summed E-state index contributed by atoms with van der Waals surface area (Å²) < 4.78 is 25.7. The Morgan fingerprint density at radius 3 is 2.39 bits per heavy atom. The largest absolute Gasteiger partial charge is 0.478 e. The van der Waals surface area contributed by atoms with Crippen LogP contribution in [0.25, 0.3) is 10.9 Å². The van der Waals surface area contributed by atoms with E-state index >= 15 is 0 Å². The molecule has 0 saturated heterocycles. The molecule has 0 aliphatic rings. The Labute approximate surface area is 139 Å². The van der Waals surface area contributed by atoms with Crippen LogP contribution in [0.15, 0.2) is 36.5 Å². The highest BCUT2D eigenvalue weighted by Gasteiger charge is 2.18. The van der Waals surface area contributed by atoms with E-state index in [0.717, 1.165) is 0 Å². The summed E-state index contributed by atoms with van der Waals surface area (Å²) in [7, 11) is 0. The molecule has 0 spiro atoms. The first kappa shape index (κ1) is 17.1. The van der Waals surface area contributed by atoms with Crippen molar-refractivity contribution in [1.29, 1.82) is 0 Å². The summed E-state index contributed by atoms with van der Waals surface area (Å²) in [6, 6.07) is 7.17. The predicted octanol–water partition coefficient (Wildman–Crippen LogP) is 4.72. The zero-order valence-electron chi connectivity index (χ0n) is 11.4. The van der Waals surface area contributed by atoms with Crippen molar-refractivity contribution in [2.75, 3.05) is 5.73 Å². The van der Waals surface area contributed by atoms with E-state index in [9.17, 15) is 13.6 Å². The lowest BCUT2D eigenvalue weighted by molar-refractivity contribution is 0.0694. The van der Waals surface area contributed by atoms with Gasteiger partial charge in [0, 0.05) is 17.3 Å². The van der Waals surface area contributed by atoms with Gasteiger partial charge in [0.25, 0.3) is 0 Å². The molecule has 4 N–H and O–H groups in total. The van der Waals surface area contributed by atoms with Gasteiger partial charge in [-0.25, -0.2) is 13.6 Å². The molecule has 3 aromatic rings. The summed E-state index contributed by atoms with van der Waals surface area (Å²) in [6.07, 6.45) is 1.53. The highest BCUT2D eigenvalue weighted by atomic mass is 35.5. The fourth-order valence-electron chi connectivity index (χ4n) is 1.86. The van der Waals surface area contributed by atoms with Crippen LogP contribution in [0.3, 0.4) is 0 Å². The third-order valence-corrected chi connectivity index (χ3v) is 3.48. The Morgan fingerprint density at radius 2 is 1.83 bits per heavy atom. The topological polar surface area (TPSA) is 79.1 Å². The van der Waals surface area contributed by atoms with Gasteiger partial charge in [0.2, 0.25) is 0 Å². The van der Waals surface area contributed by atoms with E-state index in [-0.39, 0.29) is 15.6 Å². The number of benzene rings is 2. The molecular formula is C15H10Cl2F2N2O2. The van der Waals surface area contributed by atoms with Gasteiger partial charge in [-0.1, -0.05) is 23.2 Å².